The van der Waals surface area contributed by atoms with E-state index in [9.17, 15) is 0 Å². The number of rotatable bonds is 6. The summed E-state index contributed by atoms with van der Waals surface area (Å²) in [5.41, 5.74) is 0. The van der Waals surface area contributed by atoms with Crippen LogP contribution in [0.2, 0.25) is 0 Å². The van der Waals surface area contributed by atoms with E-state index in [0.717, 1.165) is 0 Å². The van der Waals surface area contributed by atoms with Gasteiger partial charge in [-0.15, -0.1) is 0 Å². The largest absolute Gasteiger partial charge is 0.0844 e. The minimum absolute atomic E-state index is 1.36. The molecule has 0 aromatic rings. The van der Waals surface area contributed by atoms with Crippen molar-refractivity contribution in [2.45, 2.75) is 39.0 Å². The summed E-state index contributed by atoms with van der Waals surface area (Å²) in [6.45, 7) is 4.50. The lowest BCUT2D eigenvalue weighted by Gasteiger charge is -1.95. The van der Waals surface area contributed by atoms with Gasteiger partial charge in [0.25, 0.3) is 0 Å². The summed E-state index contributed by atoms with van der Waals surface area (Å²) < 4.78 is 0. The Bertz CT molecular complexity index is 37.8. The highest BCUT2D eigenvalue weighted by Crippen LogP contribution is 2.09. The Hall–Kier alpha value is 0.430. The van der Waals surface area contributed by atoms with Crippen molar-refractivity contribution in [1.82, 2.24) is 0 Å². The van der Waals surface area contributed by atoms with Gasteiger partial charge in [0.15, 0.2) is 0 Å². The zero-order valence-electron chi connectivity index (χ0n) is 6.69. The quantitative estimate of drug-likeness (QED) is 0.396. The van der Waals surface area contributed by atoms with Crippen molar-refractivity contribution in [3.63, 3.8) is 0 Å². The summed E-state index contributed by atoms with van der Waals surface area (Å²) >= 11 is 0. The molecule has 0 aromatic heterocycles. The molecule has 0 nitrogen and oxygen atoms in total. The molecule has 0 aromatic carbocycles. The molecule has 0 N–H and O–H groups in total. The molecule has 55 valence electrons. The van der Waals surface area contributed by atoms with E-state index in [2.05, 4.69) is 13.6 Å². The third kappa shape index (κ3) is 8.43. The van der Waals surface area contributed by atoms with Gasteiger partial charge in [0.1, 0.15) is 0 Å². The Morgan fingerprint density at radius 1 is 1.00 bits per heavy atom. The Morgan fingerprint density at radius 3 is 2.22 bits per heavy atom. The molecule has 0 heterocycles. The van der Waals surface area contributed by atoms with Crippen molar-refractivity contribution < 1.29 is 0 Å². The lowest BCUT2D eigenvalue weighted by Crippen LogP contribution is -1.78. The molecule has 0 aliphatic carbocycles. The summed E-state index contributed by atoms with van der Waals surface area (Å²) in [7, 11) is 1.56. The number of hydrogen-bond donors (Lipinski definition) is 0. The molecule has 0 fully saturated rings. The van der Waals surface area contributed by atoms with Crippen molar-refractivity contribution in [2.75, 3.05) is 12.8 Å². The first-order valence-electron chi connectivity index (χ1n) is 3.97. The average molecular weight is 145 g/mol. The fourth-order valence-electron chi connectivity index (χ4n) is 0.873. The van der Waals surface area contributed by atoms with Crippen LogP contribution in [0, 0.1) is 0 Å². The van der Waals surface area contributed by atoms with Gasteiger partial charge >= 0.3 is 0 Å². The molecule has 0 spiro atoms. The predicted octanol–water partition coefficient (Wildman–Crippen LogP) is 3.53. The van der Waals surface area contributed by atoms with Gasteiger partial charge < -0.3 is 0 Å². The minimum Gasteiger partial charge on any atom is -0.0844 e. The van der Waals surface area contributed by atoms with Gasteiger partial charge in [-0.25, -0.2) is 0 Å². The molecule has 0 aliphatic heterocycles. The molecule has 9 heavy (non-hydrogen) atoms. The molecular formula is C8H18P. The van der Waals surface area contributed by atoms with E-state index in [-0.39, 0.29) is 0 Å². The van der Waals surface area contributed by atoms with Crippen LogP contribution in [0.25, 0.3) is 0 Å². The highest BCUT2D eigenvalue weighted by Gasteiger charge is 1.86. The van der Waals surface area contributed by atoms with E-state index in [1.165, 1.54) is 38.3 Å². The van der Waals surface area contributed by atoms with Crippen LogP contribution < -0.4 is 0 Å². The molecule has 1 radical (unpaired) electrons. The Balaban J connectivity index is 2.60. The fraction of sp³-hybridized carbons (Fsp3) is 1.00. The first-order chi connectivity index (χ1) is 4.41. The van der Waals surface area contributed by atoms with E-state index in [1.54, 1.807) is 8.58 Å². The molecule has 0 rings (SSSR count). The first-order valence-corrected chi connectivity index (χ1v) is 5.50. The predicted molar refractivity (Wildman–Crippen MR) is 46.5 cm³/mol. The molecule has 0 saturated heterocycles. The molecule has 0 amide bonds. The van der Waals surface area contributed by atoms with Crippen molar-refractivity contribution in [2.24, 2.45) is 0 Å². The smallest absolute Gasteiger partial charge is 0.0290 e. The first kappa shape index (κ1) is 9.43. The van der Waals surface area contributed by atoms with Crippen LogP contribution in [0.15, 0.2) is 0 Å². The maximum atomic E-state index is 2.26. The van der Waals surface area contributed by atoms with Crippen LogP contribution in [0.5, 0.6) is 0 Å². The normalized spacial score (nSPS) is 11.3. The van der Waals surface area contributed by atoms with Gasteiger partial charge in [-0.05, 0) is 19.2 Å². The van der Waals surface area contributed by atoms with Crippen molar-refractivity contribution in [1.29, 1.82) is 0 Å². The zero-order chi connectivity index (χ0) is 6.95. The summed E-state index contributed by atoms with van der Waals surface area (Å²) in [5.74, 6) is 0. The van der Waals surface area contributed by atoms with E-state index in [4.69, 9.17) is 0 Å². The van der Waals surface area contributed by atoms with Crippen LogP contribution in [-0.2, 0) is 0 Å². The maximum absolute atomic E-state index is 2.26. The second-order valence-corrected chi connectivity index (χ2v) is 3.53. The van der Waals surface area contributed by atoms with Gasteiger partial charge in [0.2, 0.25) is 0 Å². The van der Waals surface area contributed by atoms with Crippen LogP contribution in [0.4, 0.5) is 0 Å². The summed E-state index contributed by atoms with van der Waals surface area (Å²) in [4.78, 5) is 0. The van der Waals surface area contributed by atoms with E-state index in [1.807, 2.05) is 0 Å². The molecule has 0 bridgehead atoms. The summed E-state index contributed by atoms with van der Waals surface area (Å²) in [6.07, 6.45) is 8.55. The molecule has 0 atom stereocenters. The Morgan fingerprint density at radius 2 is 1.67 bits per heavy atom. The third-order valence-electron chi connectivity index (χ3n) is 1.49. The van der Waals surface area contributed by atoms with Crippen LogP contribution in [-0.4, -0.2) is 12.8 Å². The van der Waals surface area contributed by atoms with Gasteiger partial charge in [-0.2, -0.15) is 0 Å². The molecule has 1 heteroatoms. The van der Waals surface area contributed by atoms with Crippen LogP contribution in [0.3, 0.4) is 0 Å². The lowest BCUT2D eigenvalue weighted by atomic mass is 10.2. The van der Waals surface area contributed by atoms with E-state index in [0.29, 0.717) is 0 Å². The van der Waals surface area contributed by atoms with Gasteiger partial charge in [0, 0.05) is 0 Å². The second kappa shape index (κ2) is 8.43. The molecule has 0 saturated carbocycles. The van der Waals surface area contributed by atoms with Crippen molar-refractivity contribution in [3.05, 3.63) is 0 Å². The summed E-state index contributed by atoms with van der Waals surface area (Å²) in [5, 5.41) is 0. The van der Waals surface area contributed by atoms with Crippen LogP contribution >= 0.6 is 8.58 Å². The average Bonchev–Trinajstić information content (AvgIpc) is 1.89. The monoisotopic (exact) mass is 145 g/mol. The van der Waals surface area contributed by atoms with Gasteiger partial charge in [-0.1, -0.05) is 41.2 Å². The highest BCUT2D eigenvalue weighted by atomic mass is 31.1. The fourth-order valence-corrected chi connectivity index (χ4v) is 1.41. The lowest BCUT2D eigenvalue weighted by molar-refractivity contribution is 0.659. The Labute approximate surface area is 61.2 Å². The second-order valence-electron chi connectivity index (χ2n) is 2.45. The highest BCUT2D eigenvalue weighted by molar-refractivity contribution is 7.36. The Kier molecular flexibility index (Phi) is 8.83. The topological polar surface area (TPSA) is 0 Å². The minimum atomic E-state index is 1.36. The number of hydrogen-bond acceptors (Lipinski definition) is 0. The number of unbranched alkanes of at least 4 members (excludes halogenated alkanes) is 4. The van der Waals surface area contributed by atoms with Crippen molar-refractivity contribution in [3.8, 4) is 0 Å². The molecule has 0 aliphatic rings. The SMILES string of the molecule is CCCCCCC[P]C. The summed E-state index contributed by atoms with van der Waals surface area (Å²) in [6, 6.07) is 0. The van der Waals surface area contributed by atoms with Crippen LogP contribution in [0.1, 0.15) is 39.0 Å². The van der Waals surface area contributed by atoms with E-state index < -0.39 is 0 Å². The van der Waals surface area contributed by atoms with E-state index >= 15 is 0 Å². The molecular weight excluding hydrogens is 127 g/mol. The van der Waals surface area contributed by atoms with Gasteiger partial charge in [-0.3, -0.25) is 0 Å². The maximum Gasteiger partial charge on any atom is -0.0290 e. The zero-order valence-corrected chi connectivity index (χ0v) is 7.58. The third-order valence-corrected chi connectivity index (χ3v) is 2.25. The van der Waals surface area contributed by atoms with Crippen molar-refractivity contribution >= 4 is 8.58 Å². The standard InChI is InChI=1S/C8H18P/c1-3-4-5-6-7-8-9-2/h3-8H2,1-2H3. The van der Waals surface area contributed by atoms with Gasteiger partial charge in [0.05, 0.1) is 0 Å². The molecule has 0 unspecified atom stereocenters.